The fraction of sp³-hybridized carbons (Fsp3) is 0.471. The number of halogens is 6. The number of anilines is 1. The third kappa shape index (κ3) is 6.32. The van der Waals surface area contributed by atoms with E-state index in [9.17, 15) is 22.4 Å². The minimum atomic E-state index is -4.25. The van der Waals surface area contributed by atoms with E-state index >= 15 is 0 Å². The van der Waals surface area contributed by atoms with E-state index in [2.05, 4.69) is 10.1 Å². The molecule has 0 N–H and O–H groups in total. The SMILES string of the molecule is CCN(C(=O)CCSCCC(F)(F)C(F)(F)Br)c1cn(-c2cccnc2)nc1Cl. The van der Waals surface area contributed by atoms with Crippen LogP contribution < -0.4 is 4.90 Å². The minimum Gasteiger partial charge on any atom is -0.308 e. The monoisotopic (exact) mass is 516 g/mol. The molecule has 12 heteroatoms. The van der Waals surface area contributed by atoms with Crippen LogP contribution in [0.2, 0.25) is 5.15 Å². The molecule has 0 fully saturated rings. The molecule has 0 unspecified atom stereocenters. The maximum absolute atomic E-state index is 13.2. The molecule has 2 heterocycles. The summed E-state index contributed by atoms with van der Waals surface area (Å²) < 4.78 is 53.3. The first kappa shape index (κ1) is 23.9. The van der Waals surface area contributed by atoms with Crippen LogP contribution in [0.3, 0.4) is 0 Å². The topological polar surface area (TPSA) is 51.0 Å². The lowest BCUT2D eigenvalue weighted by Gasteiger charge is -2.21. The lowest BCUT2D eigenvalue weighted by Crippen LogP contribution is -2.35. The normalized spacial score (nSPS) is 12.2. The van der Waals surface area contributed by atoms with E-state index in [1.165, 1.54) is 9.58 Å². The number of carbonyl (C=O) groups is 1. The number of rotatable bonds is 10. The van der Waals surface area contributed by atoms with Crippen molar-refractivity contribution in [2.75, 3.05) is 23.0 Å². The molecule has 0 bridgehead atoms. The summed E-state index contributed by atoms with van der Waals surface area (Å²) in [6.07, 6.45) is 3.86. The molecule has 29 heavy (non-hydrogen) atoms. The summed E-state index contributed by atoms with van der Waals surface area (Å²) in [6.45, 7) is 2.09. The first-order valence-electron chi connectivity index (χ1n) is 8.55. The molecule has 2 rings (SSSR count). The first-order valence-corrected chi connectivity index (χ1v) is 10.9. The molecule has 0 saturated heterocycles. The summed E-state index contributed by atoms with van der Waals surface area (Å²) in [5.74, 6) is -4.40. The van der Waals surface area contributed by atoms with Gasteiger partial charge in [0, 0.05) is 31.3 Å². The van der Waals surface area contributed by atoms with Crippen LogP contribution in [0.15, 0.2) is 30.7 Å². The Bertz CT molecular complexity index is 820. The average Bonchev–Trinajstić information content (AvgIpc) is 3.03. The van der Waals surface area contributed by atoms with E-state index in [1.807, 2.05) is 0 Å². The van der Waals surface area contributed by atoms with E-state index in [0.717, 1.165) is 11.8 Å². The number of hydrogen-bond acceptors (Lipinski definition) is 4. The second-order valence-electron chi connectivity index (χ2n) is 5.91. The standard InChI is InChI=1S/C17H18BrClF4N4OS/c1-2-26(13-11-27(25-15(13)19)12-4-3-7-24-10-12)14(28)5-8-29-9-6-16(20,21)17(18,22)23/h3-4,7,10-11H,2,5-6,8-9H2,1H3. The fourth-order valence-corrected chi connectivity index (χ4v) is 3.72. The largest absolute Gasteiger partial charge is 0.363 e. The summed E-state index contributed by atoms with van der Waals surface area (Å²) >= 11 is 8.88. The highest BCUT2D eigenvalue weighted by atomic mass is 79.9. The van der Waals surface area contributed by atoms with Crippen LogP contribution >= 0.6 is 39.3 Å². The second-order valence-corrected chi connectivity index (χ2v) is 8.49. The number of nitrogens with zero attached hydrogens (tertiary/aromatic N) is 4. The molecule has 2 aromatic heterocycles. The van der Waals surface area contributed by atoms with Gasteiger partial charge in [-0.15, -0.1) is 0 Å². The Balaban J connectivity index is 1.92. The van der Waals surface area contributed by atoms with Gasteiger partial charge in [-0.3, -0.25) is 9.78 Å². The molecule has 0 aliphatic carbocycles. The van der Waals surface area contributed by atoms with E-state index in [1.54, 1.807) is 53.6 Å². The lowest BCUT2D eigenvalue weighted by molar-refractivity contribution is -0.147. The van der Waals surface area contributed by atoms with Gasteiger partial charge >= 0.3 is 10.8 Å². The molecular weight excluding hydrogens is 500 g/mol. The molecule has 0 atom stereocenters. The molecule has 0 radical (unpaired) electrons. The van der Waals surface area contributed by atoms with Gasteiger partial charge in [0.05, 0.1) is 18.1 Å². The van der Waals surface area contributed by atoms with E-state index < -0.39 is 17.2 Å². The number of alkyl halides is 5. The zero-order chi connectivity index (χ0) is 21.7. The molecule has 0 saturated carbocycles. The number of pyridine rings is 1. The quantitative estimate of drug-likeness (QED) is 0.240. The molecule has 5 nitrogen and oxygen atoms in total. The highest BCUT2D eigenvalue weighted by molar-refractivity contribution is 9.10. The van der Waals surface area contributed by atoms with Crippen LogP contribution in [0.1, 0.15) is 19.8 Å². The van der Waals surface area contributed by atoms with Crippen molar-refractivity contribution in [3.8, 4) is 5.69 Å². The third-order valence-corrected chi connectivity index (χ3v) is 5.74. The summed E-state index contributed by atoms with van der Waals surface area (Å²) in [4.78, 5) is 13.7. The minimum absolute atomic E-state index is 0.0448. The molecule has 0 aromatic carbocycles. The number of aromatic nitrogens is 3. The predicted molar refractivity (Wildman–Crippen MR) is 110 cm³/mol. The van der Waals surface area contributed by atoms with Crippen molar-refractivity contribution >= 4 is 50.9 Å². The smallest absolute Gasteiger partial charge is 0.308 e. The van der Waals surface area contributed by atoms with E-state index in [4.69, 9.17) is 11.6 Å². The molecule has 160 valence electrons. The Morgan fingerprint density at radius 2 is 2.07 bits per heavy atom. The zero-order valence-corrected chi connectivity index (χ0v) is 18.5. The predicted octanol–water partition coefficient (Wildman–Crippen LogP) is 5.41. The van der Waals surface area contributed by atoms with Gasteiger partial charge in [0.1, 0.15) is 5.69 Å². The highest BCUT2D eigenvalue weighted by Gasteiger charge is 2.53. The van der Waals surface area contributed by atoms with Crippen molar-refractivity contribution < 1.29 is 22.4 Å². The number of thioether (sulfide) groups is 1. The van der Waals surface area contributed by atoms with Gasteiger partial charge in [-0.1, -0.05) is 11.6 Å². The van der Waals surface area contributed by atoms with Crippen molar-refractivity contribution in [3.05, 3.63) is 35.9 Å². The van der Waals surface area contributed by atoms with Crippen LogP contribution in [0.4, 0.5) is 23.2 Å². The highest BCUT2D eigenvalue weighted by Crippen LogP contribution is 2.42. The number of hydrogen-bond donors (Lipinski definition) is 0. The Morgan fingerprint density at radius 3 is 2.66 bits per heavy atom. The Labute approximate surface area is 182 Å². The van der Waals surface area contributed by atoms with Crippen LogP contribution in [0.25, 0.3) is 5.69 Å². The van der Waals surface area contributed by atoms with E-state index in [-0.39, 0.29) is 29.0 Å². The lowest BCUT2D eigenvalue weighted by atomic mass is 10.3. The Morgan fingerprint density at radius 1 is 1.34 bits per heavy atom. The molecule has 0 aliphatic heterocycles. The Hall–Kier alpha value is -1.33. The molecule has 0 spiro atoms. The van der Waals surface area contributed by atoms with Crippen LogP contribution in [0, 0.1) is 0 Å². The summed E-state index contributed by atoms with van der Waals surface area (Å²) in [5, 5.41) is 4.31. The van der Waals surface area contributed by atoms with Crippen molar-refractivity contribution in [3.63, 3.8) is 0 Å². The van der Waals surface area contributed by atoms with Gasteiger partial charge in [0.15, 0.2) is 5.15 Å². The maximum Gasteiger partial charge on any atom is 0.363 e. The van der Waals surface area contributed by atoms with Crippen LogP contribution in [-0.4, -0.2) is 49.5 Å². The number of carbonyl (C=O) groups excluding carboxylic acids is 1. The maximum atomic E-state index is 13.2. The first-order chi connectivity index (χ1) is 13.6. The molecule has 1 amide bonds. The van der Waals surface area contributed by atoms with Gasteiger partial charge in [0.25, 0.3) is 0 Å². The summed E-state index contributed by atoms with van der Waals surface area (Å²) in [5.41, 5.74) is 1.09. The number of amides is 1. The second kappa shape index (κ2) is 10.1. The third-order valence-electron chi connectivity index (χ3n) is 3.91. The van der Waals surface area contributed by atoms with Crippen molar-refractivity contribution in [2.45, 2.75) is 30.5 Å². The summed E-state index contributed by atoms with van der Waals surface area (Å²) in [7, 11) is 0. The van der Waals surface area contributed by atoms with Crippen molar-refractivity contribution in [1.29, 1.82) is 0 Å². The molecule has 2 aromatic rings. The molecule has 0 aliphatic rings. The van der Waals surface area contributed by atoms with Gasteiger partial charge in [-0.2, -0.15) is 34.4 Å². The fourth-order valence-electron chi connectivity index (χ4n) is 2.37. The van der Waals surface area contributed by atoms with Gasteiger partial charge in [-0.25, -0.2) is 4.68 Å². The molecular formula is C17H18BrClF4N4OS. The average molecular weight is 518 g/mol. The van der Waals surface area contributed by atoms with Crippen LogP contribution in [-0.2, 0) is 4.79 Å². The van der Waals surface area contributed by atoms with Crippen LogP contribution in [0.5, 0.6) is 0 Å². The van der Waals surface area contributed by atoms with Gasteiger partial charge in [-0.05, 0) is 40.7 Å². The van der Waals surface area contributed by atoms with E-state index in [0.29, 0.717) is 17.9 Å². The van der Waals surface area contributed by atoms with Crippen molar-refractivity contribution in [2.24, 2.45) is 0 Å². The van der Waals surface area contributed by atoms with Gasteiger partial charge < -0.3 is 4.90 Å². The van der Waals surface area contributed by atoms with Crippen molar-refractivity contribution in [1.82, 2.24) is 14.8 Å². The zero-order valence-electron chi connectivity index (χ0n) is 15.3. The summed E-state index contributed by atoms with van der Waals surface area (Å²) in [6, 6.07) is 3.51. The van der Waals surface area contributed by atoms with Gasteiger partial charge in [0.2, 0.25) is 5.91 Å². The Kier molecular flexibility index (Phi) is 8.36.